The van der Waals surface area contributed by atoms with E-state index in [-0.39, 0.29) is 23.8 Å². The third kappa shape index (κ3) is 3.52. The number of methoxy groups -OCH3 is 1. The molecule has 4 atom stereocenters. The summed E-state index contributed by atoms with van der Waals surface area (Å²) in [5.41, 5.74) is -0.571. The molecule has 7 nitrogen and oxygen atoms in total. The SMILES string of the molecule is COc1ccc(C=CC2NC(C(=O)O)(C(C)C)C3C(=O)N(C4CCCCC4)C(=O)C23)cc1. The van der Waals surface area contributed by atoms with Gasteiger partial charge in [0.15, 0.2) is 0 Å². The standard InChI is InChI=1S/C25H32N2O5/c1-15(2)25(24(30)31)21-20(22(28)27(23(21)29)17-7-5-4-6-8-17)19(26-25)14-11-16-9-12-18(32-3)13-10-16/h9-15,17,19-21,26H,4-8H2,1-3H3,(H,30,31). The zero-order valence-corrected chi connectivity index (χ0v) is 18.9. The first-order valence-corrected chi connectivity index (χ1v) is 11.5. The lowest BCUT2D eigenvalue weighted by Crippen LogP contribution is -2.60. The molecule has 2 saturated heterocycles. The molecule has 2 amide bonds. The molecular weight excluding hydrogens is 408 g/mol. The van der Waals surface area contributed by atoms with Gasteiger partial charge in [0.25, 0.3) is 0 Å². The van der Waals surface area contributed by atoms with Gasteiger partial charge in [-0.1, -0.05) is 57.4 Å². The summed E-state index contributed by atoms with van der Waals surface area (Å²) in [6.45, 7) is 3.60. The van der Waals surface area contributed by atoms with E-state index in [9.17, 15) is 19.5 Å². The molecule has 2 heterocycles. The maximum atomic E-state index is 13.6. The first kappa shape index (κ1) is 22.5. The zero-order valence-electron chi connectivity index (χ0n) is 18.9. The average molecular weight is 441 g/mol. The van der Waals surface area contributed by atoms with Crippen LogP contribution in [0.4, 0.5) is 0 Å². The number of aliphatic carboxylic acids is 1. The normalized spacial score (nSPS) is 31.0. The highest BCUT2D eigenvalue weighted by atomic mass is 16.5. The van der Waals surface area contributed by atoms with E-state index >= 15 is 0 Å². The van der Waals surface area contributed by atoms with Crippen molar-refractivity contribution in [2.24, 2.45) is 17.8 Å². The Morgan fingerprint density at radius 2 is 1.81 bits per heavy atom. The predicted molar refractivity (Wildman–Crippen MR) is 120 cm³/mol. The maximum Gasteiger partial charge on any atom is 0.325 e. The predicted octanol–water partition coefficient (Wildman–Crippen LogP) is 3.09. The molecule has 4 rings (SSSR count). The number of ether oxygens (including phenoxy) is 1. The van der Waals surface area contributed by atoms with Crippen LogP contribution in [0.25, 0.3) is 6.08 Å². The van der Waals surface area contributed by atoms with Gasteiger partial charge < -0.3 is 9.84 Å². The number of carbonyl (C=O) groups is 3. The summed E-state index contributed by atoms with van der Waals surface area (Å²) in [5.74, 6) is -2.86. The number of nitrogens with zero attached hydrogens (tertiary/aromatic N) is 1. The highest BCUT2D eigenvalue weighted by Gasteiger charge is 2.69. The molecule has 32 heavy (non-hydrogen) atoms. The average Bonchev–Trinajstić information content (AvgIpc) is 3.27. The van der Waals surface area contributed by atoms with Crippen LogP contribution in [0.1, 0.15) is 51.5 Å². The molecule has 2 aliphatic heterocycles. The number of likely N-dealkylation sites (tertiary alicyclic amines) is 1. The molecule has 1 saturated carbocycles. The largest absolute Gasteiger partial charge is 0.497 e. The van der Waals surface area contributed by atoms with Gasteiger partial charge in [-0.3, -0.25) is 24.6 Å². The minimum Gasteiger partial charge on any atom is -0.497 e. The fourth-order valence-corrected chi connectivity index (χ4v) is 5.77. The van der Waals surface area contributed by atoms with Crippen molar-refractivity contribution in [3.8, 4) is 5.75 Å². The first-order valence-electron chi connectivity index (χ1n) is 11.5. The zero-order chi connectivity index (χ0) is 23.0. The minimum atomic E-state index is -1.48. The molecule has 3 aliphatic rings. The Kier molecular flexibility index (Phi) is 6.12. The number of nitrogens with one attached hydrogen (secondary N) is 1. The van der Waals surface area contributed by atoms with E-state index in [1.54, 1.807) is 21.0 Å². The van der Waals surface area contributed by atoms with E-state index in [4.69, 9.17) is 4.74 Å². The van der Waals surface area contributed by atoms with Crippen LogP contribution in [0, 0.1) is 17.8 Å². The van der Waals surface area contributed by atoms with Crippen LogP contribution >= 0.6 is 0 Å². The highest BCUT2D eigenvalue weighted by Crippen LogP contribution is 2.48. The van der Waals surface area contributed by atoms with Crippen LogP contribution in [0.3, 0.4) is 0 Å². The molecule has 0 spiro atoms. The summed E-state index contributed by atoms with van der Waals surface area (Å²) in [6, 6.07) is 6.82. The molecule has 3 fully saturated rings. The molecule has 7 heteroatoms. The number of carboxylic acids is 1. The van der Waals surface area contributed by atoms with Crippen molar-refractivity contribution < 1.29 is 24.2 Å². The number of rotatable bonds is 6. The second-order valence-corrected chi connectivity index (χ2v) is 9.47. The second kappa shape index (κ2) is 8.70. The van der Waals surface area contributed by atoms with E-state index in [1.165, 1.54) is 4.90 Å². The van der Waals surface area contributed by atoms with Crippen LogP contribution < -0.4 is 10.1 Å². The van der Waals surface area contributed by atoms with Gasteiger partial charge in [0.05, 0.1) is 18.9 Å². The van der Waals surface area contributed by atoms with E-state index in [0.29, 0.717) is 0 Å². The third-order valence-electron chi connectivity index (χ3n) is 7.48. The van der Waals surface area contributed by atoms with Crippen LogP contribution in [0.5, 0.6) is 5.75 Å². The van der Waals surface area contributed by atoms with Crippen molar-refractivity contribution in [1.29, 1.82) is 0 Å². The smallest absolute Gasteiger partial charge is 0.325 e. The molecule has 1 aromatic rings. The van der Waals surface area contributed by atoms with Gasteiger partial charge in [0.2, 0.25) is 11.8 Å². The van der Waals surface area contributed by atoms with Gasteiger partial charge in [-0.05, 0) is 36.5 Å². The van der Waals surface area contributed by atoms with Crippen LogP contribution in [-0.2, 0) is 14.4 Å². The first-order chi connectivity index (χ1) is 15.3. The Bertz CT molecular complexity index is 919. The van der Waals surface area contributed by atoms with Gasteiger partial charge in [0, 0.05) is 12.1 Å². The van der Waals surface area contributed by atoms with Crippen LogP contribution in [0.15, 0.2) is 30.3 Å². The van der Waals surface area contributed by atoms with Crippen LogP contribution in [-0.4, -0.2) is 52.5 Å². The van der Waals surface area contributed by atoms with Crippen molar-refractivity contribution in [3.63, 3.8) is 0 Å². The van der Waals surface area contributed by atoms with E-state index in [1.807, 2.05) is 36.4 Å². The van der Waals surface area contributed by atoms with Crippen LogP contribution in [0.2, 0.25) is 0 Å². The Morgan fingerprint density at radius 3 is 2.38 bits per heavy atom. The van der Waals surface area contributed by atoms with Crippen molar-refractivity contribution in [2.75, 3.05) is 7.11 Å². The lowest BCUT2D eigenvalue weighted by atomic mass is 9.73. The van der Waals surface area contributed by atoms with E-state index in [2.05, 4.69) is 5.32 Å². The topological polar surface area (TPSA) is 95.9 Å². The highest BCUT2D eigenvalue weighted by molar-refractivity contribution is 6.10. The summed E-state index contributed by atoms with van der Waals surface area (Å²) < 4.78 is 5.19. The minimum absolute atomic E-state index is 0.112. The number of amides is 2. The summed E-state index contributed by atoms with van der Waals surface area (Å²) in [4.78, 5) is 41.1. The molecule has 2 N–H and O–H groups in total. The summed E-state index contributed by atoms with van der Waals surface area (Å²) in [6.07, 6.45) is 8.40. The Morgan fingerprint density at radius 1 is 1.16 bits per heavy atom. The van der Waals surface area contributed by atoms with Crippen molar-refractivity contribution in [2.45, 2.75) is 63.6 Å². The number of hydrogen-bond acceptors (Lipinski definition) is 5. The molecular formula is C25H32N2O5. The summed E-state index contributed by atoms with van der Waals surface area (Å²) in [7, 11) is 1.60. The summed E-state index contributed by atoms with van der Waals surface area (Å²) in [5, 5.41) is 13.5. The lowest BCUT2D eigenvalue weighted by Gasteiger charge is -2.36. The van der Waals surface area contributed by atoms with Crippen molar-refractivity contribution in [3.05, 3.63) is 35.9 Å². The van der Waals surface area contributed by atoms with E-state index in [0.717, 1.165) is 43.4 Å². The number of benzene rings is 1. The number of hydrogen-bond donors (Lipinski definition) is 2. The number of carbonyl (C=O) groups excluding carboxylic acids is 2. The second-order valence-electron chi connectivity index (χ2n) is 9.47. The lowest BCUT2D eigenvalue weighted by molar-refractivity contribution is -0.154. The number of fused-ring (bicyclic) bond motifs is 1. The number of carboxylic acid groups (broad SMARTS) is 1. The molecule has 0 radical (unpaired) electrons. The molecule has 0 aromatic heterocycles. The Hall–Kier alpha value is -2.67. The third-order valence-corrected chi connectivity index (χ3v) is 7.48. The Balaban J connectivity index is 1.70. The van der Waals surface area contributed by atoms with Gasteiger partial charge in [-0.2, -0.15) is 0 Å². The molecule has 172 valence electrons. The summed E-state index contributed by atoms with van der Waals surface area (Å²) >= 11 is 0. The molecule has 4 unspecified atom stereocenters. The van der Waals surface area contributed by atoms with Gasteiger partial charge >= 0.3 is 5.97 Å². The van der Waals surface area contributed by atoms with Crippen molar-refractivity contribution >= 4 is 23.9 Å². The fraction of sp³-hybridized carbons (Fsp3) is 0.560. The molecule has 1 aliphatic carbocycles. The van der Waals surface area contributed by atoms with Crippen molar-refractivity contribution in [1.82, 2.24) is 10.2 Å². The molecule has 1 aromatic carbocycles. The quantitative estimate of drug-likeness (QED) is 0.660. The van der Waals surface area contributed by atoms with Gasteiger partial charge in [-0.15, -0.1) is 0 Å². The van der Waals surface area contributed by atoms with Gasteiger partial charge in [0.1, 0.15) is 11.3 Å². The fourth-order valence-electron chi connectivity index (χ4n) is 5.77. The Labute approximate surface area is 188 Å². The monoisotopic (exact) mass is 440 g/mol. The van der Waals surface area contributed by atoms with E-state index < -0.39 is 29.4 Å². The number of imide groups is 1. The maximum absolute atomic E-state index is 13.6. The van der Waals surface area contributed by atoms with Gasteiger partial charge in [-0.25, -0.2) is 0 Å². The molecule has 0 bridgehead atoms.